The number of pyridine rings is 1. The second kappa shape index (κ2) is 7.34. The highest BCUT2D eigenvalue weighted by atomic mass is 79.9. The maximum absolute atomic E-state index is 8.76. The van der Waals surface area contributed by atoms with E-state index in [1.807, 2.05) is 36.4 Å². The Morgan fingerprint density at radius 2 is 2.05 bits per heavy atom. The molecule has 1 N–H and O–H groups in total. The van der Waals surface area contributed by atoms with Gasteiger partial charge in [-0.3, -0.25) is 0 Å². The third-order valence-corrected chi connectivity index (χ3v) is 3.86. The highest BCUT2D eigenvalue weighted by Crippen LogP contribution is 2.23. The standard InChI is InChI=1S/C15H12BrNOS/c16-14-7-8-15(17-10-14)19-11-13-5-2-1-4-12(13)6-3-9-18/h1-2,4-5,7-8,10,18H,9,11H2. The summed E-state index contributed by atoms with van der Waals surface area (Å²) < 4.78 is 0.978. The van der Waals surface area contributed by atoms with Crippen molar-refractivity contribution in [2.45, 2.75) is 10.8 Å². The molecule has 0 radical (unpaired) electrons. The number of nitrogens with zero attached hydrogens (tertiary/aromatic N) is 1. The van der Waals surface area contributed by atoms with Crippen molar-refractivity contribution in [3.05, 3.63) is 58.2 Å². The summed E-state index contributed by atoms with van der Waals surface area (Å²) in [6, 6.07) is 11.9. The number of rotatable bonds is 3. The maximum atomic E-state index is 8.76. The molecule has 0 spiro atoms. The molecule has 0 amide bonds. The van der Waals surface area contributed by atoms with E-state index in [2.05, 4.69) is 32.8 Å². The minimum Gasteiger partial charge on any atom is -0.384 e. The number of halogens is 1. The normalized spacial score (nSPS) is 9.79. The molecule has 19 heavy (non-hydrogen) atoms. The Kier molecular flexibility index (Phi) is 5.46. The van der Waals surface area contributed by atoms with E-state index in [9.17, 15) is 0 Å². The Morgan fingerprint density at radius 3 is 2.79 bits per heavy atom. The molecule has 0 saturated heterocycles. The average Bonchev–Trinajstić information content (AvgIpc) is 2.45. The van der Waals surface area contributed by atoms with Gasteiger partial charge in [0, 0.05) is 22.0 Å². The molecule has 4 heteroatoms. The van der Waals surface area contributed by atoms with E-state index in [1.54, 1.807) is 18.0 Å². The molecular formula is C15H12BrNOS. The van der Waals surface area contributed by atoms with Crippen LogP contribution in [-0.2, 0) is 5.75 Å². The first-order valence-electron chi connectivity index (χ1n) is 5.71. The van der Waals surface area contributed by atoms with E-state index < -0.39 is 0 Å². The van der Waals surface area contributed by atoms with Crippen molar-refractivity contribution >= 4 is 27.7 Å². The number of hydrogen-bond donors (Lipinski definition) is 1. The predicted molar refractivity (Wildman–Crippen MR) is 81.9 cm³/mol. The fourth-order valence-corrected chi connectivity index (χ4v) is 2.58. The van der Waals surface area contributed by atoms with Crippen LogP contribution in [0.25, 0.3) is 0 Å². The van der Waals surface area contributed by atoms with Crippen LogP contribution in [0.15, 0.2) is 52.1 Å². The van der Waals surface area contributed by atoms with Gasteiger partial charge in [-0.25, -0.2) is 4.98 Å². The first-order valence-corrected chi connectivity index (χ1v) is 7.49. The summed E-state index contributed by atoms with van der Waals surface area (Å²) >= 11 is 5.04. The molecule has 0 aliphatic heterocycles. The lowest BCUT2D eigenvalue weighted by Crippen LogP contribution is -1.88. The van der Waals surface area contributed by atoms with Crippen molar-refractivity contribution in [3.63, 3.8) is 0 Å². The average molecular weight is 334 g/mol. The quantitative estimate of drug-likeness (QED) is 0.689. The van der Waals surface area contributed by atoms with Crippen LogP contribution in [0.4, 0.5) is 0 Å². The zero-order valence-electron chi connectivity index (χ0n) is 10.1. The molecule has 0 fully saturated rings. The Hall–Kier alpha value is -1.28. The summed E-state index contributed by atoms with van der Waals surface area (Å²) in [5.74, 6) is 6.46. The van der Waals surface area contributed by atoms with Gasteiger partial charge in [0.15, 0.2) is 0 Å². The second-order valence-electron chi connectivity index (χ2n) is 3.72. The van der Waals surface area contributed by atoms with Crippen molar-refractivity contribution in [1.29, 1.82) is 0 Å². The zero-order chi connectivity index (χ0) is 13.5. The Labute approximate surface area is 125 Å². The molecule has 1 aromatic heterocycles. The number of benzene rings is 1. The summed E-state index contributed by atoms with van der Waals surface area (Å²) in [6.07, 6.45) is 1.79. The van der Waals surface area contributed by atoms with Gasteiger partial charge in [-0.2, -0.15) is 0 Å². The number of hydrogen-bond acceptors (Lipinski definition) is 3. The molecule has 2 nitrogen and oxygen atoms in total. The van der Waals surface area contributed by atoms with Crippen LogP contribution in [0.3, 0.4) is 0 Å². The molecule has 0 aliphatic carbocycles. The fourth-order valence-electron chi connectivity index (χ4n) is 1.50. The number of thioether (sulfide) groups is 1. The summed E-state index contributed by atoms with van der Waals surface area (Å²) in [4.78, 5) is 4.33. The minimum absolute atomic E-state index is 0.115. The van der Waals surface area contributed by atoms with E-state index in [0.717, 1.165) is 26.4 Å². The molecule has 0 unspecified atom stereocenters. The molecule has 0 atom stereocenters. The zero-order valence-corrected chi connectivity index (χ0v) is 12.5. The largest absolute Gasteiger partial charge is 0.384 e. The van der Waals surface area contributed by atoms with Gasteiger partial charge in [-0.15, -0.1) is 11.8 Å². The highest BCUT2D eigenvalue weighted by molar-refractivity contribution is 9.10. The van der Waals surface area contributed by atoms with Gasteiger partial charge in [-0.1, -0.05) is 30.0 Å². The lowest BCUT2D eigenvalue weighted by Gasteiger charge is -2.04. The Bertz CT molecular complexity index is 602. The predicted octanol–water partition coefficient (Wildman–Crippen LogP) is 3.48. The smallest absolute Gasteiger partial charge is 0.104 e. The Morgan fingerprint density at radius 1 is 1.21 bits per heavy atom. The van der Waals surface area contributed by atoms with Crippen LogP contribution in [0.5, 0.6) is 0 Å². The van der Waals surface area contributed by atoms with E-state index in [1.165, 1.54) is 0 Å². The van der Waals surface area contributed by atoms with Crippen LogP contribution in [0.1, 0.15) is 11.1 Å². The van der Waals surface area contributed by atoms with Gasteiger partial charge in [0.05, 0.1) is 5.03 Å². The van der Waals surface area contributed by atoms with Crippen molar-refractivity contribution in [3.8, 4) is 11.8 Å². The van der Waals surface area contributed by atoms with Crippen molar-refractivity contribution in [2.24, 2.45) is 0 Å². The first kappa shape index (κ1) is 14.1. The summed E-state index contributed by atoms with van der Waals surface area (Å²) in [6.45, 7) is -0.115. The maximum Gasteiger partial charge on any atom is 0.104 e. The summed E-state index contributed by atoms with van der Waals surface area (Å²) in [7, 11) is 0. The van der Waals surface area contributed by atoms with Crippen molar-refractivity contribution in [2.75, 3.05) is 6.61 Å². The van der Waals surface area contributed by atoms with Gasteiger partial charge in [0.1, 0.15) is 6.61 Å². The third-order valence-electron chi connectivity index (χ3n) is 2.40. The van der Waals surface area contributed by atoms with Gasteiger partial charge >= 0.3 is 0 Å². The van der Waals surface area contributed by atoms with Gasteiger partial charge in [0.2, 0.25) is 0 Å². The molecule has 1 aromatic carbocycles. The van der Waals surface area contributed by atoms with Crippen molar-refractivity contribution in [1.82, 2.24) is 4.98 Å². The monoisotopic (exact) mass is 333 g/mol. The van der Waals surface area contributed by atoms with E-state index in [4.69, 9.17) is 5.11 Å². The summed E-state index contributed by atoms with van der Waals surface area (Å²) in [5, 5.41) is 9.74. The number of aliphatic hydroxyl groups excluding tert-OH is 1. The van der Waals surface area contributed by atoms with Crippen LogP contribution in [0, 0.1) is 11.8 Å². The minimum atomic E-state index is -0.115. The molecule has 1 heterocycles. The number of aromatic nitrogens is 1. The molecule has 0 aliphatic rings. The van der Waals surface area contributed by atoms with E-state index in [0.29, 0.717) is 0 Å². The van der Waals surface area contributed by atoms with Gasteiger partial charge in [0.25, 0.3) is 0 Å². The van der Waals surface area contributed by atoms with Crippen LogP contribution in [-0.4, -0.2) is 16.7 Å². The van der Waals surface area contributed by atoms with E-state index in [-0.39, 0.29) is 6.61 Å². The van der Waals surface area contributed by atoms with Crippen LogP contribution < -0.4 is 0 Å². The molecule has 0 saturated carbocycles. The lowest BCUT2D eigenvalue weighted by atomic mass is 10.1. The van der Waals surface area contributed by atoms with Gasteiger partial charge in [-0.05, 0) is 39.7 Å². The van der Waals surface area contributed by atoms with Crippen LogP contribution >= 0.6 is 27.7 Å². The van der Waals surface area contributed by atoms with E-state index >= 15 is 0 Å². The molecule has 0 bridgehead atoms. The topological polar surface area (TPSA) is 33.1 Å². The summed E-state index contributed by atoms with van der Waals surface area (Å²) in [5.41, 5.74) is 2.11. The molecule has 2 rings (SSSR count). The molecule has 96 valence electrons. The molecular weight excluding hydrogens is 322 g/mol. The second-order valence-corrected chi connectivity index (χ2v) is 5.63. The Balaban J connectivity index is 2.09. The first-order chi connectivity index (χ1) is 9.29. The lowest BCUT2D eigenvalue weighted by molar-refractivity contribution is 0.350. The highest BCUT2D eigenvalue weighted by Gasteiger charge is 2.01. The van der Waals surface area contributed by atoms with Gasteiger partial charge < -0.3 is 5.11 Å². The van der Waals surface area contributed by atoms with Crippen LogP contribution in [0.2, 0.25) is 0 Å². The third kappa shape index (κ3) is 4.39. The SMILES string of the molecule is OCC#Cc1ccccc1CSc1ccc(Br)cn1. The number of aliphatic hydroxyl groups is 1. The van der Waals surface area contributed by atoms with Crippen molar-refractivity contribution < 1.29 is 5.11 Å². The fraction of sp³-hybridized carbons (Fsp3) is 0.133. The molecule has 2 aromatic rings.